The van der Waals surface area contributed by atoms with Crippen LogP contribution in [-0.2, 0) is 4.79 Å². The van der Waals surface area contributed by atoms with Crippen LogP contribution in [0.3, 0.4) is 0 Å². The second-order valence-electron chi connectivity index (χ2n) is 3.61. The zero-order valence-corrected chi connectivity index (χ0v) is 11.5. The Hall–Kier alpha value is -0.470. The van der Waals surface area contributed by atoms with Crippen LogP contribution in [0.2, 0.25) is 0 Å². The van der Waals surface area contributed by atoms with E-state index in [1.165, 1.54) is 41.7 Å². The maximum atomic E-state index is 10.4. The van der Waals surface area contributed by atoms with E-state index in [0.717, 1.165) is 10.9 Å². The highest BCUT2D eigenvalue weighted by Crippen LogP contribution is 2.27. The van der Waals surface area contributed by atoms with Gasteiger partial charge in [-0.25, -0.2) is 0 Å². The van der Waals surface area contributed by atoms with Gasteiger partial charge in [-0.15, -0.1) is 10.2 Å². The van der Waals surface area contributed by atoms with Crippen LogP contribution in [-0.4, -0.2) is 44.6 Å². The van der Waals surface area contributed by atoms with Gasteiger partial charge in [-0.2, -0.15) is 11.8 Å². The van der Waals surface area contributed by atoms with Gasteiger partial charge in [-0.3, -0.25) is 4.79 Å². The largest absolute Gasteiger partial charge is 0.481 e. The highest BCUT2D eigenvalue weighted by atomic mass is 32.2. The van der Waals surface area contributed by atoms with E-state index in [2.05, 4.69) is 15.5 Å². The molecule has 2 rings (SSSR count). The van der Waals surface area contributed by atoms with Gasteiger partial charge in [-0.05, 0) is 18.6 Å². The van der Waals surface area contributed by atoms with Crippen molar-refractivity contribution < 1.29 is 9.90 Å². The van der Waals surface area contributed by atoms with E-state index in [-0.39, 0.29) is 5.75 Å². The Kier molecular flexibility index (Phi) is 4.93. The first kappa shape index (κ1) is 13.0. The van der Waals surface area contributed by atoms with Gasteiger partial charge in [0.15, 0.2) is 4.34 Å². The number of carboxylic acids is 1. The molecule has 1 aromatic rings. The van der Waals surface area contributed by atoms with Crippen molar-refractivity contribution in [3.05, 3.63) is 0 Å². The van der Waals surface area contributed by atoms with Gasteiger partial charge in [0.05, 0.1) is 5.75 Å². The highest BCUT2D eigenvalue weighted by Gasteiger charge is 2.15. The summed E-state index contributed by atoms with van der Waals surface area (Å²) >= 11 is 4.59. The molecule has 1 unspecified atom stereocenters. The SMILES string of the molecule is O=C(O)CSc1nnc(NC2CCCSC2)s1. The van der Waals surface area contributed by atoms with E-state index in [1.54, 1.807) is 0 Å². The van der Waals surface area contributed by atoms with Crippen molar-refractivity contribution >= 4 is 46.0 Å². The monoisotopic (exact) mass is 291 g/mol. The first-order chi connectivity index (χ1) is 8.24. The second kappa shape index (κ2) is 6.46. The first-order valence-corrected chi connectivity index (χ1v) is 8.22. The Balaban J connectivity index is 1.82. The molecular formula is C9H13N3O2S3. The Morgan fingerprint density at radius 1 is 1.59 bits per heavy atom. The summed E-state index contributed by atoms with van der Waals surface area (Å²) in [6, 6.07) is 0.471. The summed E-state index contributed by atoms with van der Waals surface area (Å²) in [6.45, 7) is 0. The number of carbonyl (C=O) groups is 1. The molecule has 17 heavy (non-hydrogen) atoms. The minimum Gasteiger partial charge on any atom is -0.481 e. The molecule has 0 bridgehead atoms. The molecule has 1 saturated heterocycles. The Morgan fingerprint density at radius 3 is 3.18 bits per heavy atom. The van der Waals surface area contributed by atoms with Gasteiger partial charge in [0.2, 0.25) is 5.13 Å². The van der Waals surface area contributed by atoms with Crippen molar-refractivity contribution in [3.8, 4) is 0 Å². The van der Waals surface area contributed by atoms with E-state index in [0.29, 0.717) is 10.4 Å². The molecule has 8 heteroatoms. The summed E-state index contributed by atoms with van der Waals surface area (Å²) in [7, 11) is 0. The lowest BCUT2D eigenvalue weighted by Crippen LogP contribution is -2.25. The van der Waals surface area contributed by atoms with Crippen molar-refractivity contribution in [1.82, 2.24) is 10.2 Å². The molecule has 5 nitrogen and oxygen atoms in total. The summed E-state index contributed by atoms with van der Waals surface area (Å²) in [4.78, 5) is 10.4. The number of rotatable bonds is 5. The predicted octanol–water partition coefficient (Wildman–Crippen LogP) is 2.02. The van der Waals surface area contributed by atoms with Crippen LogP contribution >= 0.6 is 34.9 Å². The summed E-state index contributed by atoms with van der Waals surface area (Å²) < 4.78 is 0.707. The average molecular weight is 291 g/mol. The van der Waals surface area contributed by atoms with Gasteiger partial charge in [0.25, 0.3) is 0 Å². The third-order valence-electron chi connectivity index (χ3n) is 2.21. The minimum atomic E-state index is -0.830. The number of nitrogens with one attached hydrogen (secondary N) is 1. The number of nitrogens with zero attached hydrogens (tertiary/aromatic N) is 2. The summed E-state index contributed by atoms with van der Waals surface area (Å²) in [6.07, 6.45) is 2.41. The van der Waals surface area contributed by atoms with Crippen molar-refractivity contribution in [2.24, 2.45) is 0 Å². The molecule has 94 valence electrons. The predicted molar refractivity (Wildman–Crippen MR) is 72.2 cm³/mol. The van der Waals surface area contributed by atoms with E-state index in [1.807, 2.05) is 11.8 Å². The molecule has 1 fully saturated rings. The number of anilines is 1. The average Bonchev–Trinajstić information content (AvgIpc) is 2.75. The third kappa shape index (κ3) is 4.36. The van der Waals surface area contributed by atoms with Crippen LogP contribution in [0.15, 0.2) is 4.34 Å². The van der Waals surface area contributed by atoms with Gasteiger partial charge >= 0.3 is 5.97 Å². The van der Waals surface area contributed by atoms with Crippen LogP contribution in [0.5, 0.6) is 0 Å². The topological polar surface area (TPSA) is 75.1 Å². The van der Waals surface area contributed by atoms with Crippen LogP contribution < -0.4 is 5.32 Å². The van der Waals surface area contributed by atoms with Crippen molar-refractivity contribution in [2.45, 2.75) is 23.2 Å². The minimum absolute atomic E-state index is 0.0356. The number of thioether (sulfide) groups is 2. The van der Waals surface area contributed by atoms with Gasteiger partial charge in [-0.1, -0.05) is 23.1 Å². The van der Waals surface area contributed by atoms with E-state index < -0.39 is 5.97 Å². The van der Waals surface area contributed by atoms with Gasteiger partial charge in [0.1, 0.15) is 0 Å². The molecule has 2 N–H and O–H groups in total. The molecule has 0 saturated carbocycles. The Bertz CT molecular complexity index is 379. The molecule has 1 aliphatic rings. The van der Waals surface area contributed by atoms with Gasteiger partial charge in [0, 0.05) is 11.8 Å². The van der Waals surface area contributed by atoms with Crippen molar-refractivity contribution in [1.29, 1.82) is 0 Å². The lowest BCUT2D eigenvalue weighted by molar-refractivity contribution is -0.133. The first-order valence-electron chi connectivity index (χ1n) is 5.26. The Morgan fingerprint density at radius 2 is 2.47 bits per heavy atom. The molecule has 0 spiro atoms. The van der Waals surface area contributed by atoms with Crippen LogP contribution in [0, 0.1) is 0 Å². The molecule has 0 aliphatic carbocycles. The maximum Gasteiger partial charge on any atom is 0.313 e. The molecule has 0 aromatic carbocycles. The molecule has 1 aromatic heterocycles. The summed E-state index contributed by atoms with van der Waals surface area (Å²) in [5.74, 6) is 1.56. The maximum absolute atomic E-state index is 10.4. The fourth-order valence-electron chi connectivity index (χ4n) is 1.48. The molecule has 2 heterocycles. The molecular weight excluding hydrogens is 278 g/mol. The summed E-state index contributed by atoms with van der Waals surface area (Å²) in [5.41, 5.74) is 0. The van der Waals surface area contributed by atoms with E-state index in [9.17, 15) is 4.79 Å². The lowest BCUT2D eigenvalue weighted by atomic mass is 10.2. The second-order valence-corrected chi connectivity index (χ2v) is 6.96. The van der Waals surface area contributed by atoms with Crippen LogP contribution in [0.25, 0.3) is 0 Å². The lowest BCUT2D eigenvalue weighted by Gasteiger charge is -2.21. The molecule has 0 radical (unpaired) electrons. The number of aromatic nitrogens is 2. The molecule has 1 aliphatic heterocycles. The number of hydrogen-bond donors (Lipinski definition) is 2. The fourth-order valence-corrected chi connectivity index (χ4v) is 4.10. The van der Waals surface area contributed by atoms with Gasteiger partial charge < -0.3 is 10.4 Å². The van der Waals surface area contributed by atoms with Crippen molar-refractivity contribution in [3.63, 3.8) is 0 Å². The smallest absolute Gasteiger partial charge is 0.313 e. The standard InChI is InChI=1S/C9H13N3O2S3/c13-7(14)5-16-9-12-11-8(17-9)10-6-2-1-3-15-4-6/h6H,1-5H2,(H,10,11)(H,13,14). The Labute approximate surface area is 112 Å². The number of aliphatic carboxylic acids is 1. The van der Waals surface area contributed by atoms with E-state index >= 15 is 0 Å². The van der Waals surface area contributed by atoms with Crippen LogP contribution in [0.1, 0.15) is 12.8 Å². The van der Waals surface area contributed by atoms with Crippen LogP contribution in [0.4, 0.5) is 5.13 Å². The molecule has 1 atom stereocenters. The zero-order chi connectivity index (χ0) is 12.1. The fraction of sp³-hybridized carbons (Fsp3) is 0.667. The summed E-state index contributed by atoms with van der Waals surface area (Å²) in [5, 5.41) is 20.7. The zero-order valence-electron chi connectivity index (χ0n) is 9.09. The van der Waals surface area contributed by atoms with E-state index in [4.69, 9.17) is 5.11 Å². The third-order valence-corrected chi connectivity index (χ3v) is 5.40. The quantitative estimate of drug-likeness (QED) is 0.804. The van der Waals surface area contributed by atoms with Crippen molar-refractivity contribution in [2.75, 3.05) is 22.6 Å². The number of hydrogen-bond acceptors (Lipinski definition) is 7. The highest BCUT2D eigenvalue weighted by molar-refractivity contribution is 8.01. The molecule has 0 amide bonds. The normalized spacial score (nSPS) is 20.1. The number of carboxylic acid groups (broad SMARTS) is 1.